The molecular weight excluding hydrogens is 238 g/mol. The average Bonchev–Trinajstić information content (AvgIpc) is 3.02. The van der Waals surface area contributed by atoms with Crippen LogP contribution in [-0.2, 0) is 0 Å². The zero-order chi connectivity index (χ0) is 13.5. The Morgan fingerprint density at radius 3 is 2.89 bits per heavy atom. The first kappa shape index (κ1) is 12.7. The van der Waals surface area contributed by atoms with Gasteiger partial charge in [0, 0.05) is 17.3 Å². The summed E-state index contributed by atoms with van der Waals surface area (Å²) in [7, 11) is 0. The predicted octanol–water partition coefficient (Wildman–Crippen LogP) is 3.23. The van der Waals surface area contributed by atoms with Crippen molar-refractivity contribution in [3.63, 3.8) is 0 Å². The monoisotopic (exact) mass is 259 g/mol. The molecule has 1 aromatic heterocycles. The summed E-state index contributed by atoms with van der Waals surface area (Å²) in [6.45, 7) is 2.73. The molecule has 1 saturated carbocycles. The maximum atomic E-state index is 10.7. The van der Waals surface area contributed by atoms with Gasteiger partial charge in [-0.15, -0.1) is 0 Å². The number of benzene rings is 1. The highest BCUT2D eigenvalue weighted by Gasteiger charge is 2.44. The van der Waals surface area contributed by atoms with Gasteiger partial charge in [0.1, 0.15) is 17.4 Å². The molecule has 3 atom stereocenters. The van der Waals surface area contributed by atoms with Crippen LogP contribution in [0.3, 0.4) is 0 Å². The lowest BCUT2D eigenvalue weighted by molar-refractivity contribution is 0.0154. The van der Waals surface area contributed by atoms with Crippen LogP contribution in [-0.4, -0.2) is 11.7 Å². The molecule has 0 saturated heterocycles. The Bertz CT molecular complexity index is 544. The summed E-state index contributed by atoms with van der Waals surface area (Å²) in [4.78, 5) is 0. The number of aliphatic hydroxyl groups excluding tert-OH is 1. The molecule has 1 heterocycles. The SMILES string of the molecule is CC1CCC(CN)(C(O)c2cc3ccccc3o2)C1. The van der Waals surface area contributed by atoms with Gasteiger partial charge in [-0.25, -0.2) is 0 Å². The molecule has 1 aliphatic carbocycles. The molecule has 0 aliphatic heterocycles. The number of furan rings is 1. The third-order valence-corrected chi connectivity index (χ3v) is 4.59. The fourth-order valence-electron chi connectivity index (χ4n) is 3.42. The van der Waals surface area contributed by atoms with Gasteiger partial charge in [-0.1, -0.05) is 31.5 Å². The number of fused-ring (bicyclic) bond motifs is 1. The number of hydrogen-bond acceptors (Lipinski definition) is 3. The predicted molar refractivity (Wildman–Crippen MR) is 75.7 cm³/mol. The van der Waals surface area contributed by atoms with Crippen molar-refractivity contribution in [2.45, 2.75) is 32.3 Å². The number of nitrogens with two attached hydrogens (primary N) is 1. The van der Waals surface area contributed by atoms with Gasteiger partial charge < -0.3 is 15.3 Å². The summed E-state index contributed by atoms with van der Waals surface area (Å²) in [5, 5.41) is 11.8. The van der Waals surface area contributed by atoms with Gasteiger partial charge in [-0.2, -0.15) is 0 Å². The zero-order valence-corrected chi connectivity index (χ0v) is 11.3. The Labute approximate surface area is 113 Å². The summed E-state index contributed by atoms with van der Waals surface area (Å²) in [5.74, 6) is 1.28. The molecule has 0 radical (unpaired) electrons. The van der Waals surface area contributed by atoms with Gasteiger partial charge >= 0.3 is 0 Å². The normalized spacial score (nSPS) is 28.9. The summed E-state index contributed by atoms with van der Waals surface area (Å²) in [6.07, 6.45) is 2.48. The van der Waals surface area contributed by atoms with Crippen LogP contribution >= 0.6 is 0 Å². The number of para-hydroxylation sites is 1. The van der Waals surface area contributed by atoms with Crippen molar-refractivity contribution < 1.29 is 9.52 Å². The lowest BCUT2D eigenvalue weighted by Gasteiger charge is -2.31. The van der Waals surface area contributed by atoms with Crippen molar-refractivity contribution in [3.8, 4) is 0 Å². The first-order chi connectivity index (χ1) is 9.14. The second-order valence-corrected chi connectivity index (χ2v) is 6.00. The molecule has 0 spiro atoms. The molecule has 3 rings (SSSR count). The molecule has 3 heteroatoms. The summed E-state index contributed by atoms with van der Waals surface area (Å²) < 4.78 is 5.80. The molecule has 1 aromatic carbocycles. The van der Waals surface area contributed by atoms with E-state index in [0.717, 1.165) is 30.2 Å². The van der Waals surface area contributed by atoms with E-state index in [1.807, 2.05) is 30.3 Å². The van der Waals surface area contributed by atoms with Crippen molar-refractivity contribution in [3.05, 3.63) is 36.1 Å². The summed E-state index contributed by atoms with van der Waals surface area (Å²) in [5.41, 5.74) is 6.58. The van der Waals surface area contributed by atoms with Crippen molar-refractivity contribution in [2.75, 3.05) is 6.54 Å². The summed E-state index contributed by atoms with van der Waals surface area (Å²) >= 11 is 0. The number of aliphatic hydroxyl groups is 1. The van der Waals surface area contributed by atoms with Gasteiger partial charge in [-0.05, 0) is 30.9 Å². The van der Waals surface area contributed by atoms with E-state index >= 15 is 0 Å². The minimum Gasteiger partial charge on any atom is -0.458 e. The second-order valence-electron chi connectivity index (χ2n) is 6.00. The van der Waals surface area contributed by atoms with Crippen LogP contribution in [0.2, 0.25) is 0 Å². The van der Waals surface area contributed by atoms with Crippen LogP contribution in [0.25, 0.3) is 11.0 Å². The Kier molecular flexibility index (Phi) is 3.11. The third kappa shape index (κ3) is 2.07. The van der Waals surface area contributed by atoms with Crippen LogP contribution in [0.1, 0.15) is 38.1 Å². The summed E-state index contributed by atoms with van der Waals surface area (Å²) in [6, 6.07) is 9.79. The molecule has 1 aliphatic rings. The Hall–Kier alpha value is -1.32. The fourth-order valence-corrected chi connectivity index (χ4v) is 3.42. The first-order valence-electron chi connectivity index (χ1n) is 7.01. The molecular formula is C16H21NO2. The van der Waals surface area contributed by atoms with E-state index in [1.54, 1.807) is 0 Å². The molecule has 19 heavy (non-hydrogen) atoms. The van der Waals surface area contributed by atoms with E-state index in [4.69, 9.17) is 10.2 Å². The van der Waals surface area contributed by atoms with Crippen molar-refractivity contribution in [1.29, 1.82) is 0 Å². The molecule has 102 valence electrons. The quantitative estimate of drug-likeness (QED) is 0.889. The van der Waals surface area contributed by atoms with E-state index < -0.39 is 6.10 Å². The van der Waals surface area contributed by atoms with E-state index in [2.05, 4.69) is 6.92 Å². The van der Waals surface area contributed by atoms with Gasteiger partial charge in [-0.3, -0.25) is 0 Å². The van der Waals surface area contributed by atoms with E-state index in [0.29, 0.717) is 18.2 Å². The van der Waals surface area contributed by atoms with Crippen LogP contribution in [0.5, 0.6) is 0 Å². The van der Waals surface area contributed by atoms with Crippen molar-refractivity contribution >= 4 is 11.0 Å². The number of hydrogen-bond donors (Lipinski definition) is 2. The highest BCUT2D eigenvalue weighted by atomic mass is 16.4. The second kappa shape index (κ2) is 4.66. The van der Waals surface area contributed by atoms with Gasteiger partial charge in [0.2, 0.25) is 0 Å². The highest BCUT2D eigenvalue weighted by molar-refractivity contribution is 5.77. The fraction of sp³-hybridized carbons (Fsp3) is 0.500. The lowest BCUT2D eigenvalue weighted by Crippen LogP contribution is -2.34. The third-order valence-electron chi connectivity index (χ3n) is 4.59. The molecule has 3 unspecified atom stereocenters. The topological polar surface area (TPSA) is 59.4 Å². The van der Waals surface area contributed by atoms with Gasteiger partial charge in [0.25, 0.3) is 0 Å². The van der Waals surface area contributed by atoms with E-state index in [1.165, 1.54) is 0 Å². The van der Waals surface area contributed by atoms with E-state index in [-0.39, 0.29) is 5.41 Å². The minimum atomic E-state index is -0.602. The molecule has 1 fully saturated rings. The Balaban J connectivity index is 1.96. The zero-order valence-electron chi connectivity index (χ0n) is 11.3. The van der Waals surface area contributed by atoms with Crippen LogP contribution in [0, 0.1) is 11.3 Å². The minimum absolute atomic E-state index is 0.215. The van der Waals surface area contributed by atoms with Crippen LogP contribution in [0.15, 0.2) is 34.7 Å². The standard InChI is InChI=1S/C16H21NO2/c1-11-6-7-16(9-11,10-17)15(18)14-8-12-4-2-3-5-13(12)19-14/h2-5,8,11,15,18H,6-7,9-10,17H2,1H3. The number of rotatable bonds is 3. The molecule has 2 aromatic rings. The largest absolute Gasteiger partial charge is 0.458 e. The average molecular weight is 259 g/mol. The smallest absolute Gasteiger partial charge is 0.134 e. The maximum absolute atomic E-state index is 10.7. The Morgan fingerprint density at radius 1 is 1.47 bits per heavy atom. The molecule has 3 N–H and O–H groups in total. The highest BCUT2D eigenvalue weighted by Crippen LogP contribution is 2.49. The van der Waals surface area contributed by atoms with Gasteiger partial charge in [0.15, 0.2) is 0 Å². The maximum Gasteiger partial charge on any atom is 0.134 e. The van der Waals surface area contributed by atoms with E-state index in [9.17, 15) is 5.11 Å². The molecule has 0 amide bonds. The lowest BCUT2D eigenvalue weighted by atomic mass is 9.78. The van der Waals surface area contributed by atoms with Crippen LogP contribution < -0.4 is 5.73 Å². The van der Waals surface area contributed by atoms with Gasteiger partial charge in [0.05, 0.1) is 0 Å². The van der Waals surface area contributed by atoms with Crippen molar-refractivity contribution in [2.24, 2.45) is 17.1 Å². The molecule has 3 nitrogen and oxygen atoms in total. The Morgan fingerprint density at radius 2 is 2.26 bits per heavy atom. The first-order valence-corrected chi connectivity index (χ1v) is 7.01. The van der Waals surface area contributed by atoms with Crippen LogP contribution in [0.4, 0.5) is 0 Å². The van der Waals surface area contributed by atoms with Crippen molar-refractivity contribution in [1.82, 2.24) is 0 Å². The molecule has 0 bridgehead atoms.